The molecule has 1 N–H and O–H groups in total. The molecule has 2 aromatic carbocycles. The summed E-state index contributed by atoms with van der Waals surface area (Å²) in [4.78, 5) is 23.5. The maximum absolute atomic E-state index is 12.3. The third-order valence-electron chi connectivity index (χ3n) is 4.11. The summed E-state index contributed by atoms with van der Waals surface area (Å²) in [6.45, 7) is -0.0897. The first-order chi connectivity index (χ1) is 12.4. The van der Waals surface area contributed by atoms with Gasteiger partial charge in [0.25, 0.3) is 0 Å². The van der Waals surface area contributed by atoms with Crippen molar-refractivity contribution in [3.8, 4) is 5.75 Å². The van der Waals surface area contributed by atoms with E-state index in [1.165, 1.54) is 0 Å². The number of hydrogen-bond acceptors (Lipinski definition) is 5. The Balaban J connectivity index is 1.51. The molecule has 0 atom stereocenters. The van der Waals surface area contributed by atoms with Gasteiger partial charge >= 0.3 is 10.2 Å². The van der Waals surface area contributed by atoms with E-state index in [1.807, 2.05) is 4.72 Å². The van der Waals surface area contributed by atoms with Crippen molar-refractivity contribution in [2.75, 3.05) is 6.54 Å². The molecule has 1 saturated heterocycles. The molecule has 0 radical (unpaired) electrons. The van der Waals surface area contributed by atoms with Gasteiger partial charge in [-0.05, 0) is 29.3 Å². The van der Waals surface area contributed by atoms with Crippen LogP contribution >= 0.6 is 0 Å². The van der Waals surface area contributed by atoms with Crippen LogP contribution in [0.1, 0.15) is 21.5 Å². The summed E-state index contributed by atoms with van der Waals surface area (Å²) >= 11 is 0. The number of allylic oxidation sites excluding steroid dienone is 1. The average Bonchev–Trinajstić information content (AvgIpc) is 3.05. The number of ketones is 1. The zero-order valence-electron chi connectivity index (χ0n) is 13.5. The predicted octanol–water partition coefficient (Wildman–Crippen LogP) is 1.48. The molecule has 0 saturated carbocycles. The third-order valence-corrected chi connectivity index (χ3v) is 5.54. The molecule has 2 heterocycles. The van der Waals surface area contributed by atoms with Crippen LogP contribution in [0.25, 0.3) is 6.08 Å². The standard InChI is InChI=1S/C18H14N2O5S/c21-17-11-20(26(23,24)19-17)10-13-7-5-12(6-8-13)9-16-18(22)14-3-1-2-4-15(14)25-16/h1-9H,10-11H2,(H,19,21)/b16-9-. The van der Waals surface area contributed by atoms with Crippen molar-refractivity contribution in [2.24, 2.45) is 0 Å². The van der Waals surface area contributed by atoms with E-state index >= 15 is 0 Å². The van der Waals surface area contributed by atoms with Crippen LogP contribution in [0.5, 0.6) is 5.75 Å². The van der Waals surface area contributed by atoms with E-state index in [9.17, 15) is 18.0 Å². The van der Waals surface area contributed by atoms with Crippen LogP contribution in [-0.2, 0) is 21.5 Å². The Morgan fingerprint density at radius 3 is 2.46 bits per heavy atom. The second kappa shape index (κ2) is 6.08. The Bertz CT molecular complexity index is 1040. The Morgan fingerprint density at radius 2 is 1.81 bits per heavy atom. The molecule has 0 unspecified atom stereocenters. The summed E-state index contributed by atoms with van der Waals surface area (Å²) in [6, 6.07) is 14.1. The van der Waals surface area contributed by atoms with Gasteiger partial charge in [0.2, 0.25) is 11.7 Å². The summed E-state index contributed by atoms with van der Waals surface area (Å²) in [6.07, 6.45) is 1.64. The third kappa shape index (κ3) is 3.00. The second-order valence-corrected chi connectivity index (χ2v) is 7.65. The van der Waals surface area contributed by atoms with Crippen LogP contribution in [0.4, 0.5) is 0 Å². The summed E-state index contributed by atoms with van der Waals surface area (Å²) in [5.74, 6) is 0.0767. The molecule has 26 heavy (non-hydrogen) atoms. The van der Waals surface area contributed by atoms with E-state index < -0.39 is 16.1 Å². The molecular formula is C18H14N2O5S. The van der Waals surface area contributed by atoms with Crippen molar-refractivity contribution in [2.45, 2.75) is 6.54 Å². The number of fused-ring (bicyclic) bond motifs is 1. The highest BCUT2D eigenvalue weighted by molar-refractivity contribution is 7.88. The van der Waals surface area contributed by atoms with Crippen LogP contribution < -0.4 is 9.46 Å². The number of carbonyl (C=O) groups excluding carboxylic acids is 2. The van der Waals surface area contributed by atoms with Crippen molar-refractivity contribution < 1.29 is 22.7 Å². The van der Waals surface area contributed by atoms with Gasteiger partial charge in [-0.15, -0.1) is 0 Å². The molecule has 7 nitrogen and oxygen atoms in total. The molecule has 132 valence electrons. The first-order valence-corrected chi connectivity index (χ1v) is 9.29. The molecular weight excluding hydrogens is 356 g/mol. The first kappa shape index (κ1) is 16.5. The number of carbonyl (C=O) groups is 2. The second-order valence-electron chi connectivity index (χ2n) is 5.98. The fraction of sp³-hybridized carbons (Fsp3) is 0.111. The number of benzene rings is 2. The molecule has 2 aliphatic heterocycles. The van der Waals surface area contributed by atoms with E-state index in [2.05, 4.69) is 0 Å². The summed E-state index contributed by atoms with van der Waals surface area (Å²) in [7, 11) is -3.74. The topological polar surface area (TPSA) is 92.8 Å². The smallest absolute Gasteiger partial charge is 0.304 e. The van der Waals surface area contributed by atoms with Crippen LogP contribution in [0, 0.1) is 0 Å². The van der Waals surface area contributed by atoms with Gasteiger partial charge in [0.1, 0.15) is 5.75 Å². The molecule has 0 aromatic heterocycles. The largest absolute Gasteiger partial charge is 0.452 e. The molecule has 2 aliphatic rings. The van der Waals surface area contributed by atoms with Crippen LogP contribution in [0.2, 0.25) is 0 Å². The normalized spacial score (nSPS) is 20.1. The van der Waals surface area contributed by atoms with Crippen molar-refractivity contribution in [3.63, 3.8) is 0 Å². The van der Waals surface area contributed by atoms with Gasteiger partial charge in [-0.25, -0.2) is 4.72 Å². The van der Waals surface area contributed by atoms with Gasteiger partial charge in [0, 0.05) is 6.54 Å². The number of hydrogen-bond donors (Lipinski definition) is 1. The van der Waals surface area contributed by atoms with Crippen LogP contribution in [0.3, 0.4) is 0 Å². The lowest BCUT2D eigenvalue weighted by molar-refractivity contribution is -0.118. The SMILES string of the molecule is O=C1CN(Cc2ccc(/C=C3\Oc4ccccc4C3=O)cc2)S(=O)(=O)N1. The Hall–Kier alpha value is -2.97. The summed E-state index contributed by atoms with van der Waals surface area (Å²) < 4.78 is 32.1. The zero-order valence-corrected chi connectivity index (χ0v) is 14.3. The molecule has 8 heteroatoms. The highest BCUT2D eigenvalue weighted by Gasteiger charge is 2.33. The highest BCUT2D eigenvalue weighted by atomic mass is 32.2. The number of Topliss-reactive ketones (excluding diaryl/α,β-unsaturated/α-hetero) is 1. The lowest BCUT2D eigenvalue weighted by Crippen LogP contribution is -2.29. The Kier molecular flexibility index (Phi) is 3.86. The maximum atomic E-state index is 12.3. The van der Waals surface area contributed by atoms with E-state index in [0.717, 1.165) is 15.4 Å². The maximum Gasteiger partial charge on any atom is 0.304 e. The average molecular weight is 370 g/mol. The summed E-state index contributed by atoms with van der Waals surface area (Å²) in [5, 5.41) is 0. The van der Waals surface area contributed by atoms with Crippen LogP contribution in [0.15, 0.2) is 54.3 Å². The number of para-hydroxylation sites is 1. The number of ether oxygens (including phenoxy) is 1. The van der Waals surface area contributed by atoms with E-state index in [-0.39, 0.29) is 24.6 Å². The van der Waals surface area contributed by atoms with Gasteiger partial charge in [-0.2, -0.15) is 12.7 Å². The fourth-order valence-electron chi connectivity index (χ4n) is 2.84. The Morgan fingerprint density at radius 1 is 1.08 bits per heavy atom. The van der Waals surface area contributed by atoms with E-state index in [0.29, 0.717) is 11.3 Å². The molecule has 4 rings (SSSR count). The number of nitrogens with one attached hydrogen (secondary N) is 1. The van der Waals surface area contributed by atoms with Crippen molar-refractivity contribution in [1.82, 2.24) is 9.03 Å². The lowest BCUT2D eigenvalue weighted by atomic mass is 10.1. The Labute approximate surface area is 150 Å². The van der Waals surface area contributed by atoms with Crippen molar-refractivity contribution >= 4 is 28.0 Å². The van der Waals surface area contributed by atoms with Gasteiger partial charge in [-0.3, -0.25) is 9.59 Å². The minimum absolute atomic E-state index is 0.0960. The zero-order chi connectivity index (χ0) is 18.3. The van der Waals surface area contributed by atoms with Crippen molar-refractivity contribution in [3.05, 3.63) is 71.0 Å². The van der Waals surface area contributed by atoms with Gasteiger partial charge in [-0.1, -0.05) is 36.4 Å². The summed E-state index contributed by atoms with van der Waals surface area (Å²) in [5.41, 5.74) is 2.02. The van der Waals surface area contributed by atoms with E-state index in [4.69, 9.17) is 4.74 Å². The number of amides is 1. The van der Waals surface area contributed by atoms with Gasteiger partial charge in [0.05, 0.1) is 12.1 Å². The monoisotopic (exact) mass is 370 g/mol. The van der Waals surface area contributed by atoms with Gasteiger partial charge < -0.3 is 4.74 Å². The fourth-order valence-corrected chi connectivity index (χ4v) is 3.92. The minimum Gasteiger partial charge on any atom is -0.452 e. The molecule has 2 aromatic rings. The van der Waals surface area contributed by atoms with E-state index in [1.54, 1.807) is 54.6 Å². The minimum atomic E-state index is -3.74. The molecule has 0 aliphatic carbocycles. The highest BCUT2D eigenvalue weighted by Crippen LogP contribution is 2.31. The number of nitrogens with zero attached hydrogens (tertiary/aromatic N) is 1. The van der Waals surface area contributed by atoms with Gasteiger partial charge in [0.15, 0.2) is 5.76 Å². The predicted molar refractivity (Wildman–Crippen MR) is 93.3 cm³/mol. The van der Waals surface area contributed by atoms with Crippen LogP contribution in [-0.4, -0.2) is 31.0 Å². The first-order valence-electron chi connectivity index (χ1n) is 7.85. The molecule has 1 amide bonds. The molecule has 0 spiro atoms. The lowest BCUT2D eigenvalue weighted by Gasteiger charge is -2.12. The number of rotatable bonds is 3. The molecule has 0 bridgehead atoms. The quantitative estimate of drug-likeness (QED) is 0.826. The molecule has 1 fully saturated rings. The van der Waals surface area contributed by atoms with Crippen molar-refractivity contribution in [1.29, 1.82) is 0 Å².